The molecular weight excluding hydrogens is 1100 g/mol. The van der Waals surface area contributed by atoms with Gasteiger partial charge in [-0.1, -0.05) is 335 Å². The normalized spacial score (nSPS) is 14.8. The molecular formula is C79H109N3O3S2. The first kappa shape index (κ1) is 69.0. The van der Waals surface area contributed by atoms with Crippen LogP contribution in [0.5, 0.6) is 0 Å². The van der Waals surface area contributed by atoms with Crippen molar-refractivity contribution in [3.8, 4) is 22.3 Å². The molecule has 0 saturated carbocycles. The number of carbonyl (C=O) groups is 2. The average molecular weight is 1210 g/mol. The van der Waals surface area contributed by atoms with E-state index in [0.717, 1.165) is 129 Å². The van der Waals surface area contributed by atoms with Crippen LogP contribution in [0.25, 0.3) is 39.0 Å². The van der Waals surface area contributed by atoms with Crippen LogP contribution in [0, 0.1) is 0 Å². The minimum atomic E-state index is -0.183. The average Bonchev–Trinajstić information content (AvgIpc) is 1.64. The lowest BCUT2D eigenvalue weighted by molar-refractivity contribution is -0.522. The molecule has 5 aromatic rings. The molecule has 0 saturated heterocycles. The molecule has 2 aliphatic rings. The lowest BCUT2D eigenvalue weighted by Crippen LogP contribution is -2.33. The predicted molar refractivity (Wildman–Crippen MR) is 377 cm³/mol. The Bertz CT molecular complexity index is 2920. The SMILES string of the molecule is CCCCCCCCCCCCCCCCCN(CCCC)c1sc(C2=C([O-])/C(=C3/SC(=[N+](CCCC)CCNC(=O)CCCCCCCCCCCCCCC)C(c4ccccc4)=C3c3ccccc3)C2=O)c(-c2ccccc2)c1-c1ccccc1. The number of hydrogen-bond acceptors (Lipinski definition) is 6. The monoisotopic (exact) mass is 1210 g/mol. The Morgan fingerprint density at radius 1 is 0.437 bits per heavy atom. The van der Waals surface area contributed by atoms with Gasteiger partial charge in [-0.15, -0.1) is 11.3 Å². The lowest BCUT2D eigenvalue weighted by Gasteiger charge is -2.32. The Labute approximate surface area is 535 Å². The Hall–Kier alpha value is -5.44. The van der Waals surface area contributed by atoms with Crippen molar-refractivity contribution in [3.63, 3.8) is 0 Å². The fourth-order valence-electron chi connectivity index (χ4n) is 12.7. The summed E-state index contributed by atoms with van der Waals surface area (Å²) in [6.07, 6.45) is 41.3. The van der Waals surface area contributed by atoms with Crippen LogP contribution < -0.4 is 15.3 Å². The Morgan fingerprint density at radius 2 is 0.839 bits per heavy atom. The Balaban J connectivity index is 1.16. The van der Waals surface area contributed by atoms with E-state index in [1.807, 2.05) is 30.3 Å². The molecule has 1 N–H and O–H groups in total. The zero-order valence-electron chi connectivity index (χ0n) is 54.4. The molecule has 470 valence electrons. The molecule has 1 aromatic heterocycles. The third-order valence-electron chi connectivity index (χ3n) is 17.8. The minimum Gasteiger partial charge on any atom is -0.871 e. The number of amides is 1. The predicted octanol–water partition coefficient (Wildman–Crippen LogP) is 21.6. The van der Waals surface area contributed by atoms with E-state index in [1.54, 1.807) is 23.1 Å². The molecule has 0 unspecified atom stereocenters. The fourth-order valence-corrected chi connectivity index (χ4v) is 15.5. The van der Waals surface area contributed by atoms with Gasteiger partial charge < -0.3 is 15.3 Å². The van der Waals surface area contributed by atoms with Crippen LogP contribution in [0.15, 0.2) is 138 Å². The molecule has 1 aliphatic heterocycles. The van der Waals surface area contributed by atoms with Crippen LogP contribution >= 0.6 is 23.1 Å². The number of thiophene rings is 1. The van der Waals surface area contributed by atoms with Crippen molar-refractivity contribution in [1.29, 1.82) is 0 Å². The summed E-state index contributed by atoms with van der Waals surface area (Å²) in [6, 6.07) is 42.0. The standard InChI is InChI=1S/C79H109N3O3S2/c1-5-9-13-15-17-19-21-23-24-26-28-30-32-34-48-61-81(59-11-7-3)78-70(65-53-43-37-44-54-65)68(63-49-39-35-40-50-63)76(86-78)72-74(84)73(75(72)85)77-69(64-51-41-36-42-52-64)71(66-55-45-38-46-56-66)79(87-77)82(60-12-8-4)62-58-80-67(83)57-47-33-31-29-27-25-22-20-18-16-14-10-6-2/h35-46,49-56H,5-34,47-48,57-62H2,1-4H3,(H-,80,83,84,85). The molecule has 2 heterocycles. The van der Waals surface area contributed by atoms with E-state index >= 15 is 9.90 Å². The molecule has 6 nitrogen and oxygen atoms in total. The summed E-state index contributed by atoms with van der Waals surface area (Å²) in [5.41, 5.74) is 8.70. The quantitative estimate of drug-likeness (QED) is 0.0239. The Morgan fingerprint density at radius 3 is 1.30 bits per heavy atom. The minimum absolute atomic E-state index is 0.110. The molecule has 87 heavy (non-hydrogen) atoms. The summed E-state index contributed by atoms with van der Waals surface area (Å²) in [5, 5.41) is 21.2. The zero-order valence-corrected chi connectivity index (χ0v) is 56.0. The number of hydrogen-bond donors (Lipinski definition) is 1. The largest absolute Gasteiger partial charge is 0.871 e. The smallest absolute Gasteiger partial charge is 0.248 e. The fraction of sp³-hybridized carbons (Fsp3) is 0.532. The van der Waals surface area contributed by atoms with Crippen LogP contribution in [0.3, 0.4) is 0 Å². The van der Waals surface area contributed by atoms with Crippen LogP contribution in [0.4, 0.5) is 5.00 Å². The van der Waals surface area contributed by atoms with Gasteiger partial charge in [0.25, 0.3) is 0 Å². The van der Waals surface area contributed by atoms with Crippen LogP contribution in [-0.2, 0) is 9.59 Å². The molecule has 1 amide bonds. The second kappa shape index (κ2) is 40.2. The number of nitrogens with zero attached hydrogens (tertiary/aromatic N) is 2. The van der Waals surface area contributed by atoms with E-state index in [9.17, 15) is 4.79 Å². The van der Waals surface area contributed by atoms with Gasteiger partial charge in [-0.3, -0.25) is 9.59 Å². The van der Waals surface area contributed by atoms with Crippen molar-refractivity contribution in [2.45, 2.75) is 240 Å². The first-order valence-electron chi connectivity index (χ1n) is 35.1. The van der Waals surface area contributed by atoms with E-state index < -0.39 is 0 Å². The number of nitrogens with one attached hydrogen (secondary N) is 1. The van der Waals surface area contributed by atoms with Gasteiger partial charge in [0, 0.05) is 63.6 Å². The maximum absolute atomic E-state index is 15.7. The van der Waals surface area contributed by atoms with Crippen molar-refractivity contribution < 1.29 is 19.3 Å². The van der Waals surface area contributed by atoms with E-state index in [1.165, 1.54) is 161 Å². The molecule has 7 rings (SSSR count). The summed E-state index contributed by atoms with van der Waals surface area (Å²) in [6.45, 7) is 12.8. The number of carbonyl (C=O) groups excluding carboxylic acids is 2. The second-order valence-corrected chi connectivity index (χ2v) is 26.8. The van der Waals surface area contributed by atoms with Gasteiger partial charge in [0.2, 0.25) is 11.0 Å². The topological polar surface area (TPSA) is 75.5 Å². The number of ketones is 1. The second-order valence-electron chi connectivity index (χ2n) is 24.8. The Kier molecular flexibility index (Phi) is 31.9. The van der Waals surface area contributed by atoms with Gasteiger partial charge in [-0.05, 0) is 53.3 Å². The van der Waals surface area contributed by atoms with E-state index in [-0.39, 0.29) is 23.0 Å². The summed E-state index contributed by atoms with van der Waals surface area (Å²) in [4.78, 5) is 33.2. The number of Topliss-reactive ketones (excluding diaryl/α,β-unsaturated/α-hetero) is 1. The molecule has 0 bridgehead atoms. The lowest BCUT2D eigenvalue weighted by atomic mass is 9.81. The summed E-state index contributed by atoms with van der Waals surface area (Å²) < 4.78 is 2.41. The van der Waals surface area contributed by atoms with Gasteiger partial charge in [0.15, 0.2) is 12.3 Å². The van der Waals surface area contributed by atoms with Crippen molar-refractivity contribution >= 4 is 61.6 Å². The number of anilines is 1. The highest BCUT2D eigenvalue weighted by Gasteiger charge is 2.43. The van der Waals surface area contributed by atoms with Crippen molar-refractivity contribution in [3.05, 3.63) is 154 Å². The maximum Gasteiger partial charge on any atom is 0.248 e. The van der Waals surface area contributed by atoms with Crippen molar-refractivity contribution in [2.24, 2.45) is 0 Å². The highest BCUT2D eigenvalue weighted by molar-refractivity contribution is 8.19. The van der Waals surface area contributed by atoms with Crippen LogP contribution in [0.2, 0.25) is 0 Å². The number of rotatable bonds is 45. The summed E-state index contributed by atoms with van der Waals surface area (Å²) in [7, 11) is 0. The third-order valence-corrected chi connectivity index (χ3v) is 20.3. The molecule has 0 spiro atoms. The van der Waals surface area contributed by atoms with Gasteiger partial charge >= 0.3 is 0 Å². The summed E-state index contributed by atoms with van der Waals surface area (Å²) in [5.74, 6) is -0.257. The van der Waals surface area contributed by atoms with Crippen LogP contribution in [-0.4, -0.2) is 54.0 Å². The zero-order chi connectivity index (χ0) is 61.1. The molecule has 0 fully saturated rings. The molecule has 1 aliphatic carbocycles. The van der Waals surface area contributed by atoms with Gasteiger partial charge in [0.05, 0.1) is 12.1 Å². The van der Waals surface area contributed by atoms with Gasteiger partial charge in [0.1, 0.15) is 11.5 Å². The highest BCUT2D eigenvalue weighted by atomic mass is 32.2. The number of benzene rings is 4. The number of thioether (sulfide) groups is 1. The highest BCUT2D eigenvalue weighted by Crippen LogP contribution is 2.57. The first-order valence-corrected chi connectivity index (χ1v) is 36.7. The summed E-state index contributed by atoms with van der Waals surface area (Å²) >= 11 is 3.22. The maximum atomic E-state index is 15.7. The van der Waals surface area contributed by atoms with Gasteiger partial charge in [-0.2, -0.15) is 0 Å². The first-order chi connectivity index (χ1) is 42.9. The van der Waals surface area contributed by atoms with Crippen molar-refractivity contribution in [2.75, 3.05) is 37.6 Å². The number of unbranched alkanes of at least 4 members (excludes halogenated alkanes) is 28. The molecule has 4 aromatic carbocycles. The third kappa shape index (κ3) is 21.4. The van der Waals surface area contributed by atoms with Crippen molar-refractivity contribution in [1.82, 2.24) is 5.32 Å². The van der Waals surface area contributed by atoms with Gasteiger partial charge in [-0.25, -0.2) is 4.58 Å². The van der Waals surface area contributed by atoms with E-state index in [2.05, 4.69) is 133 Å². The van der Waals surface area contributed by atoms with E-state index in [0.29, 0.717) is 25.1 Å². The molecule has 8 heteroatoms. The van der Waals surface area contributed by atoms with Crippen LogP contribution in [0.1, 0.15) is 256 Å². The molecule has 0 radical (unpaired) electrons. The number of allylic oxidation sites excluding steroid dienone is 3. The molecule has 0 atom stereocenters. The van der Waals surface area contributed by atoms with E-state index in [4.69, 9.17) is 0 Å².